The normalized spacial score (nSPS) is 24.8. The molecule has 2 aliphatic heterocycles. The van der Waals surface area contributed by atoms with Crippen LogP contribution in [0.5, 0.6) is 0 Å². The Bertz CT molecular complexity index is 799. The van der Waals surface area contributed by atoms with Crippen molar-refractivity contribution in [1.29, 1.82) is 0 Å². The number of ketones is 1. The summed E-state index contributed by atoms with van der Waals surface area (Å²) in [5.41, 5.74) is 0.0525. The smallest absolute Gasteiger partial charge is 0.262 e. The van der Waals surface area contributed by atoms with Crippen molar-refractivity contribution in [3.05, 3.63) is 40.2 Å². The highest BCUT2D eigenvalue weighted by Gasteiger charge is 2.43. The van der Waals surface area contributed by atoms with Crippen LogP contribution < -0.4 is 10.9 Å². The third-order valence-corrected chi connectivity index (χ3v) is 4.20. The van der Waals surface area contributed by atoms with Gasteiger partial charge in [0.1, 0.15) is 5.82 Å². The van der Waals surface area contributed by atoms with Crippen molar-refractivity contribution in [2.45, 2.75) is 12.5 Å². The Morgan fingerprint density at radius 1 is 1.35 bits per heavy atom. The van der Waals surface area contributed by atoms with Crippen molar-refractivity contribution in [3.8, 4) is 0 Å². The summed E-state index contributed by atoms with van der Waals surface area (Å²) in [5.74, 6) is -0.509. The third-order valence-electron chi connectivity index (χ3n) is 4.20. The molecule has 0 bridgehead atoms. The number of hydrogen-bond acceptors (Lipinski definition) is 4. The summed E-state index contributed by atoms with van der Waals surface area (Å²) >= 11 is 0. The number of nitrogens with one attached hydrogen (secondary N) is 1. The molecule has 20 heavy (non-hydrogen) atoms. The van der Waals surface area contributed by atoms with Crippen LogP contribution in [-0.2, 0) is 0 Å². The topological polar surface area (TPSA) is 64.0 Å². The molecule has 0 spiro atoms. The SMILES string of the molecule is O=C1c2nc3ccc(F)cc3c(=O)n2C2CNCCC12. The number of carbonyl (C=O) groups is 1. The summed E-state index contributed by atoms with van der Waals surface area (Å²) in [4.78, 5) is 29.2. The number of hydrogen-bond donors (Lipinski definition) is 1. The van der Waals surface area contributed by atoms with E-state index >= 15 is 0 Å². The van der Waals surface area contributed by atoms with E-state index in [1.807, 2.05) is 0 Å². The largest absolute Gasteiger partial charge is 0.315 e. The van der Waals surface area contributed by atoms with Crippen LogP contribution in [0.1, 0.15) is 23.1 Å². The minimum atomic E-state index is -0.473. The van der Waals surface area contributed by atoms with Crippen molar-refractivity contribution < 1.29 is 9.18 Å². The Morgan fingerprint density at radius 2 is 2.20 bits per heavy atom. The van der Waals surface area contributed by atoms with E-state index < -0.39 is 5.82 Å². The highest BCUT2D eigenvalue weighted by atomic mass is 19.1. The first-order valence-corrected chi connectivity index (χ1v) is 6.63. The predicted molar refractivity (Wildman–Crippen MR) is 70.3 cm³/mol. The Kier molecular flexibility index (Phi) is 2.32. The Morgan fingerprint density at radius 3 is 3.05 bits per heavy atom. The molecule has 2 aliphatic rings. The summed E-state index contributed by atoms with van der Waals surface area (Å²) in [5, 5.41) is 3.42. The number of nitrogens with zero attached hydrogens (tertiary/aromatic N) is 2. The van der Waals surface area contributed by atoms with E-state index in [1.165, 1.54) is 22.8 Å². The first kappa shape index (κ1) is 11.7. The molecule has 102 valence electrons. The lowest BCUT2D eigenvalue weighted by molar-refractivity contribution is 0.0896. The van der Waals surface area contributed by atoms with Crippen LogP contribution >= 0.6 is 0 Å². The summed E-state index contributed by atoms with van der Waals surface area (Å²) < 4.78 is 14.8. The van der Waals surface area contributed by atoms with Gasteiger partial charge in [0.05, 0.1) is 16.9 Å². The molecule has 1 N–H and O–H groups in total. The molecule has 5 nitrogen and oxygen atoms in total. The first-order valence-electron chi connectivity index (χ1n) is 6.63. The highest BCUT2D eigenvalue weighted by molar-refractivity contribution is 5.99. The number of carbonyl (C=O) groups excluding carboxylic acids is 1. The fraction of sp³-hybridized carbons (Fsp3) is 0.357. The first-order chi connectivity index (χ1) is 9.66. The second-order valence-electron chi connectivity index (χ2n) is 5.30. The van der Waals surface area contributed by atoms with Crippen LogP contribution in [0.4, 0.5) is 4.39 Å². The third kappa shape index (κ3) is 1.42. The number of rotatable bonds is 0. The molecule has 3 heterocycles. The summed E-state index contributed by atoms with van der Waals surface area (Å²) in [6, 6.07) is 3.69. The molecular weight excluding hydrogens is 261 g/mol. The minimum Gasteiger partial charge on any atom is -0.315 e. The zero-order chi connectivity index (χ0) is 13.9. The molecule has 2 aromatic rings. The van der Waals surface area contributed by atoms with Gasteiger partial charge in [-0.2, -0.15) is 0 Å². The molecule has 2 atom stereocenters. The number of halogens is 1. The van der Waals surface area contributed by atoms with E-state index in [4.69, 9.17) is 0 Å². The number of benzene rings is 1. The summed E-state index contributed by atoms with van der Waals surface area (Å²) in [7, 11) is 0. The molecule has 0 amide bonds. The monoisotopic (exact) mass is 273 g/mol. The van der Waals surface area contributed by atoms with Crippen molar-refractivity contribution in [1.82, 2.24) is 14.9 Å². The second kappa shape index (κ2) is 3.96. The molecule has 1 fully saturated rings. The summed E-state index contributed by atoms with van der Waals surface area (Å²) in [6.07, 6.45) is 0.705. The fourth-order valence-electron chi connectivity index (χ4n) is 3.24. The van der Waals surface area contributed by atoms with Crippen LogP contribution in [0.25, 0.3) is 10.9 Å². The molecule has 2 unspecified atom stereocenters. The maximum Gasteiger partial charge on any atom is 0.262 e. The number of aromatic nitrogens is 2. The molecule has 0 saturated carbocycles. The Hall–Kier alpha value is -2.08. The molecule has 0 aliphatic carbocycles. The van der Waals surface area contributed by atoms with Crippen LogP contribution in [-0.4, -0.2) is 28.4 Å². The van der Waals surface area contributed by atoms with Crippen molar-refractivity contribution in [3.63, 3.8) is 0 Å². The average Bonchev–Trinajstić information content (AvgIpc) is 2.74. The van der Waals surface area contributed by atoms with E-state index in [1.54, 1.807) is 0 Å². The van der Waals surface area contributed by atoms with Crippen molar-refractivity contribution in [2.24, 2.45) is 5.92 Å². The van der Waals surface area contributed by atoms with E-state index in [2.05, 4.69) is 10.3 Å². The van der Waals surface area contributed by atoms with Gasteiger partial charge in [0.15, 0.2) is 5.82 Å². The van der Waals surface area contributed by atoms with E-state index in [-0.39, 0.29) is 34.5 Å². The second-order valence-corrected chi connectivity index (χ2v) is 5.30. The van der Waals surface area contributed by atoms with Gasteiger partial charge in [-0.1, -0.05) is 0 Å². The van der Waals surface area contributed by atoms with Gasteiger partial charge in [0, 0.05) is 12.5 Å². The number of fused-ring (bicyclic) bond motifs is 4. The molecule has 4 rings (SSSR count). The van der Waals surface area contributed by atoms with Crippen molar-refractivity contribution >= 4 is 16.7 Å². The maximum atomic E-state index is 13.3. The van der Waals surface area contributed by atoms with Gasteiger partial charge >= 0.3 is 0 Å². The van der Waals surface area contributed by atoms with Gasteiger partial charge in [-0.15, -0.1) is 0 Å². The van der Waals surface area contributed by atoms with Gasteiger partial charge in [-0.25, -0.2) is 9.37 Å². The van der Waals surface area contributed by atoms with Crippen molar-refractivity contribution in [2.75, 3.05) is 13.1 Å². The maximum absolute atomic E-state index is 13.3. The predicted octanol–water partition coefficient (Wildman–Crippen LogP) is 0.883. The van der Waals surface area contributed by atoms with Crippen LogP contribution in [0.15, 0.2) is 23.0 Å². The van der Waals surface area contributed by atoms with E-state index in [9.17, 15) is 14.0 Å². The highest BCUT2D eigenvalue weighted by Crippen LogP contribution is 2.33. The number of piperidine rings is 1. The minimum absolute atomic E-state index is 0.0696. The lowest BCUT2D eigenvalue weighted by atomic mass is 9.92. The van der Waals surface area contributed by atoms with Gasteiger partial charge < -0.3 is 5.32 Å². The molecule has 6 heteroatoms. The van der Waals surface area contributed by atoms with Crippen LogP contribution in [0.3, 0.4) is 0 Å². The summed E-state index contributed by atoms with van der Waals surface area (Å²) in [6.45, 7) is 1.34. The molecule has 1 aromatic carbocycles. The zero-order valence-electron chi connectivity index (χ0n) is 10.6. The fourth-order valence-corrected chi connectivity index (χ4v) is 3.24. The lowest BCUT2D eigenvalue weighted by Gasteiger charge is -2.25. The average molecular weight is 273 g/mol. The lowest BCUT2D eigenvalue weighted by Crippen LogP contribution is -2.39. The van der Waals surface area contributed by atoms with Crippen LogP contribution in [0, 0.1) is 11.7 Å². The van der Waals surface area contributed by atoms with Gasteiger partial charge in [0.2, 0.25) is 5.78 Å². The Balaban J connectivity index is 2.05. The quantitative estimate of drug-likeness (QED) is 0.774. The molecule has 0 radical (unpaired) electrons. The zero-order valence-corrected chi connectivity index (χ0v) is 10.6. The standard InChI is InChI=1S/C14H12FN3O2/c15-7-1-2-10-9(5-7)14(20)18-11-6-16-4-3-8(11)12(19)13(18)17-10/h1-2,5,8,11,16H,3-4,6H2. The van der Waals surface area contributed by atoms with Gasteiger partial charge in [-0.05, 0) is 31.2 Å². The number of Topliss-reactive ketones (excluding diaryl/α,β-unsaturated/α-hetero) is 1. The molecule has 1 saturated heterocycles. The van der Waals surface area contributed by atoms with E-state index in [0.29, 0.717) is 18.5 Å². The Labute approximate surface area is 113 Å². The van der Waals surface area contributed by atoms with Crippen LogP contribution in [0.2, 0.25) is 0 Å². The molecule has 1 aromatic heterocycles. The van der Waals surface area contributed by atoms with E-state index in [0.717, 1.165) is 6.54 Å². The van der Waals surface area contributed by atoms with Gasteiger partial charge in [-0.3, -0.25) is 14.2 Å². The van der Waals surface area contributed by atoms with Gasteiger partial charge in [0.25, 0.3) is 5.56 Å². The molecular formula is C14H12FN3O2.